The van der Waals surface area contributed by atoms with E-state index >= 15 is 0 Å². The van der Waals surface area contributed by atoms with Gasteiger partial charge < -0.3 is 19.9 Å². The Balaban J connectivity index is 1.77. The van der Waals surface area contributed by atoms with Gasteiger partial charge in [0.15, 0.2) is 0 Å². The van der Waals surface area contributed by atoms with Crippen molar-refractivity contribution in [1.82, 2.24) is 0 Å². The largest absolute Gasteiger partial charge is 0.461 e. The van der Waals surface area contributed by atoms with Crippen LogP contribution < -0.4 is 5.73 Å². The second-order valence-corrected chi connectivity index (χ2v) is 10.4. The number of hydrogen-bond donors (Lipinski definition) is 1. The SMILES string of the molecule is CSCC(Cl)C(N)(Cc1ccccc1)C(=O)OC(CC(=O)OCc1ccccc1)C(=O)OCc1ccccc1. The van der Waals surface area contributed by atoms with E-state index in [1.54, 1.807) is 36.4 Å². The van der Waals surface area contributed by atoms with Crippen molar-refractivity contribution in [2.75, 3.05) is 12.0 Å². The number of halogens is 1. The van der Waals surface area contributed by atoms with Crippen LogP contribution in [0.3, 0.4) is 0 Å². The lowest BCUT2D eigenvalue weighted by molar-refractivity contribution is -0.175. The van der Waals surface area contributed by atoms with Gasteiger partial charge in [-0.1, -0.05) is 91.0 Å². The zero-order chi connectivity index (χ0) is 28.1. The lowest BCUT2D eigenvalue weighted by Crippen LogP contribution is -2.59. The van der Waals surface area contributed by atoms with Crippen LogP contribution in [0.5, 0.6) is 0 Å². The highest BCUT2D eigenvalue weighted by Crippen LogP contribution is 2.25. The van der Waals surface area contributed by atoms with Crippen molar-refractivity contribution in [3.63, 3.8) is 0 Å². The molecule has 9 heteroatoms. The van der Waals surface area contributed by atoms with Crippen molar-refractivity contribution in [1.29, 1.82) is 0 Å². The standard InChI is InChI=1S/C30H32ClNO6S/c1-39-21-26(31)30(32,18-22-11-5-2-6-12-22)29(35)38-25(28(34)37-20-24-15-9-4-10-16-24)17-27(33)36-19-23-13-7-3-8-14-23/h2-16,25-26H,17-21,32H2,1H3. The fraction of sp³-hybridized carbons (Fsp3) is 0.300. The molecule has 0 fully saturated rings. The quantitative estimate of drug-likeness (QED) is 0.169. The molecule has 7 nitrogen and oxygen atoms in total. The number of ether oxygens (including phenoxy) is 3. The van der Waals surface area contributed by atoms with Crippen LogP contribution in [0.1, 0.15) is 23.1 Å². The van der Waals surface area contributed by atoms with Gasteiger partial charge in [0, 0.05) is 12.2 Å². The summed E-state index contributed by atoms with van der Waals surface area (Å²) in [5.41, 5.74) is 7.21. The van der Waals surface area contributed by atoms with Gasteiger partial charge in [0.1, 0.15) is 18.8 Å². The molecule has 0 amide bonds. The third-order valence-corrected chi connectivity index (χ3v) is 7.32. The highest BCUT2D eigenvalue weighted by molar-refractivity contribution is 7.98. The molecule has 0 aromatic heterocycles. The lowest BCUT2D eigenvalue weighted by Gasteiger charge is -2.32. The molecule has 0 aliphatic carbocycles. The topological polar surface area (TPSA) is 105 Å². The lowest BCUT2D eigenvalue weighted by atomic mass is 9.88. The average molecular weight is 570 g/mol. The molecule has 0 spiro atoms. The monoisotopic (exact) mass is 569 g/mol. The first-order chi connectivity index (χ1) is 18.8. The number of benzene rings is 3. The predicted octanol–water partition coefficient (Wildman–Crippen LogP) is 4.69. The van der Waals surface area contributed by atoms with Crippen molar-refractivity contribution < 1.29 is 28.6 Å². The van der Waals surface area contributed by atoms with Gasteiger partial charge in [0.05, 0.1) is 11.8 Å². The summed E-state index contributed by atoms with van der Waals surface area (Å²) in [7, 11) is 0. The number of thioether (sulfide) groups is 1. The Morgan fingerprint density at radius 3 is 1.82 bits per heavy atom. The highest BCUT2D eigenvalue weighted by atomic mass is 35.5. The Morgan fingerprint density at radius 2 is 1.31 bits per heavy atom. The molecule has 0 aliphatic heterocycles. The molecule has 0 saturated heterocycles. The minimum absolute atomic E-state index is 0.00567. The maximum Gasteiger partial charge on any atom is 0.348 e. The van der Waals surface area contributed by atoms with E-state index in [1.807, 2.05) is 60.9 Å². The van der Waals surface area contributed by atoms with Gasteiger partial charge in [-0.25, -0.2) is 9.59 Å². The zero-order valence-electron chi connectivity index (χ0n) is 21.7. The summed E-state index contributed by atoms with van der Waals surface area (Å²) in [5.74, 6) is -2.16. The summed E-state index contributed by atoms with van der Waals surface area (Å²) in [6.45, 7) is -0.0547. The van der Waals surface area contributed by atoms with Crippen LogP contribution in [0, 0.1) is 0 Å². The van der Waals surface area contributed by atoms with Crippen LogP contribution >= 0.6 is 23.4 Å². The van der Waals surface area contributed by atoms with Gasteiger partial charge in [-0.05, 0) is 22.9 Å². The van der Waals surface area contributed by atoms with E-state index in [1.165, 1.54) is 11.8 Å². The average Bonchev–Trinajstić information content (AvgIpc) is 2.96. The van der Waals surface area contributed by atoms with Crippen molar-refractivity contribution in [2.45, 2.75) is 43.1 Å². The molecule has 3 aromatic carbocycles. The Morgan fingerprint density at radius 1 is 0.821 bits per heavy atom. The van der Waals surface area contributed by atoms with E-state index in [4.69, 9.17) is 31.5 Å². The number of alkyl halides is 1. The minimum Gasteiger partial charge on any atom is -0.461 e. The van der Waals surface area contributed by atoms with Crippen molar-refractivity contribution in [3.05, 3.63) is 108 Å². The third-order valence-electron chi connectivity index (χ3n) is 5.92. The van der Waals surface area contributed by atoms with Gasteiger partial charge in [-0.15, -0.1) is 11.6 Å². The smallest absolute Gasteiger partial charge is 0.348 e. The molecule has 3 rings (SSSR count). The number of esters is 3. The number of carbonyl (C=O) groups excluding carboxylic acids is 3. The summed E-state index contributed by atoms with van der Waals surface area (Å²) in [6.07, 6.45) is -0.188. The highest BCUT2D eigenvalue weighted by Gasteiger charge is 2.45. The number of rotatable bonds is 14. The Labute approximate surface area is 238 Å². The van der Waals surface area contributed by atoms with Crippen LogP contribution in [-0.4, -0.2) is 46.9 Å². The normalized spacial score (nSPS) is 13.9. The van der Waals surface area contributed by atoms with Crippen LogP contribution in [0.4, 0.5) is 0 Å². The van der Waals surface area contributed by atoms with E-state index in [2.05, 4.69) is 0 Å². The summed E-state index contributed by atoms with van der Waals surface area (Å²) >= 11 is 8.03. The minimum atomic E-state index is -1.67. The third kappa shape index (κ3) is 9.42. The predicted molar refractivity (Wildman–Crippen MR) is 152 cm³/mol. The summed E-state index contributed by atoms with van der Waals surface area (Å²) in [6, 6.07) is 27.3. The fourth-order valence-electron chi connectivity index (χ4n) is 3.72. The zero-order valence-corrected chi connectivity index (χ0v) is 23.2. The number of carbonyl (C=O) groups is 3. The fourth-order valence-corrected chi connectivity index (χ4v) is 4.86. The molecular formula is C30H32ClNO6S. The van der Waals surface area contributed by atoms with E-state index < -0.39 is 41.3 Å². The van der Waals surface area contributed by atoms with Crippen LogP contribution in [0.15, 0.2) is 91.0 Å². The van der Waals surface area contributed by atoms with Gasteiger partial charge in [0.2, 0.25) is 6.10 Å². The molecule has 0 aliphatic rings. The molecule has 39 heavy (non-hydrogen) atoms. The first-order valence-corrected chi connectivity index (χ1v) is 14.2. The van der Waals surface area contributed by atoms with E-state index in [9.17, 15) is 14.4 Å². The van der Waals surface area contributed by atoms with Gasteiger partial charge in [0.25, 0.3) is 0 Å². The molecule has 2 N–H and O–H groups in total. The molecule has 3 unspecified atom stereocenters. The maximum atomic E-state index is 13.5. The first-order valence-electron chi connectivity index (χ1n) is 12.4. The molecule has 0 bridgehead atoms. The van der Waals surface area contributed by atoms with E-state index in [0.717, 1.165) is 16.7 Å². The molecule has 0 radical (unpaired) electrons. The van der Waals surface area contributed by atoms with Gasteiger partial charge in [-0.2, -0.15) is 11.8 Å². The number of nitrogens with two attached hydrogens (primary N) is 1. The Hall–Kier alpha value is -3.33. The Bertz CT molecular complexity index is 1200. The first kappa shape index (κ1) is 30.2. The molecule has 0 heterocycles. The molecule has 206 valence electrons. The second kappa shape index (κ2) is 15.3. The summed E-state index contributed by atoms with van der Waals surface area (Å²) in [5, 5.41) is -0.814. The van der Waals surface area contributed by atoms with Crippen LogP contribution in [-0.2, 0) is 48.2 Å². The van der Waals surface area contributed by atoms with Crippen molar-refractivity contribution >= 4 is 41.3 Å². The Kier molecular flexibility index (Phi) is 11.9. The van der Waals surface area contributed by atoms with Crippen LogP contribution in [0.2, 0.25) is 0 Å². The van der Waals surface area contributed by atoms with E-state index in [0.29, 0.717) is 5.75 Å². The van der Waals surface area contributed by atoms with Gasteiger partial charge in [-0.3, -0.25) is 4.79 Å². The summed E-state index contributed by atoms with van der Waals surface area (Å²) < 4.78 is 16.3. The van der Waals surface area contributed by atoms with Gasteiger partial charge >= 0.3 is 17.9 Å². The van der Waals surface area contributed by atoms with E-state index in [-0.39, 0.29) is 19.6 Å². The number of hydrogen-bond acceptors (Lipinski definition) is 8. The molecule has 3 atom stereocenters. The molecule has 0 saturated carbocycles. The summed E-state index contributed by atoms with van der Waals surface area (Å²) in [4.78, 5) is 39.3. The molecular weight excluding hydrogens is 538 g/mol. The van der Waals surface area contributed by atoms with Crippen molar-refractivity contribution in [3.8, 4) is 0 Å². The second-order valence-electron chi connectivity index (χ2n) is 8.96. The van der Waals surface area contributed by atoms with Crippen LogP contribution in [0.25, 0.3) is 0 Å². The molecule has 3 aromatic rings. The van der Waals surface area contributed by atoms with Crippen molar-refractivity contribution in [2.24, 2.45) is 5.73 Å². The maximum absolute atomic E-state index is 13.5.